The van der Waals surface area contributed by atoms with Gasteiger partial charge in [0.1, 0.15) is 5.54 Å². The first-order valence-corrected chi connectivity index (χ1v) is 7.15. The third kappa shape index (κ3) is 4.44. The quantitative estimate of drug-likeness (QED) is 0.715. The van der Waals surface area contributed by atoms with Gasteiger partial charge in [-0.05, 0) is 47.0 Å². The zero-order chi connectivity index (χ0) is 14.5. The zero-order valence-electron chi connectivity index (χ0n) is 13.0. The topological polar surface area (TPSA) is 44.8 Å². The van der Waals surface area contributed by atoms with Crippen molar-refractivity contribution in [2.24, 2.45) is 0 Å². The highest BCUT2D eigenvalue weighted by atomic mass is 16.5. The number of nitrogens with one attached hydrogen (secondary N) is 1. The Labute approximate surface area is 117 Å². The van der Waals surface area contributed by atoms with Crippen molar-refractivity contribution in [2.45, 2.75) is 38.3 Å². The van der Waals surface area contributed by atoms with E-state index in [0.29, 0.717) is 12.6 Å². The third-order valence-electron chi connectivity index (χ3n) is 3.99. The van der Waals surface area contributed by atoms with Crippen LogP contribution in [0.2, 0.25) is 0 Å². The van der Waals surface area contributed by atoms with Crippen LogP contribution in [-0.2, 0) is 9.53 Å². The van der Waals surface area contributed by atoms with Crippen LogP contribution in [0.15, 0.2) is 0 Å². The molecule has 19 heavy (non-hydrogen) atoms. The number of piperidine rings is 1. The maximum absolute atomic E-state index is 12.0. The maximum Gasteiger partial charge on any atom is 0.327 e. The Morgan fingerprint density at radius 3 is 2.79 bits per heavy atom. The lowest BCUT2D eigenvalue weighted by Crippen LogP contribution is -2.59. The van der Waals surface area contributed by atoms with Gasteiger partial charge < -0.3 is 15.0 Å². The molecular formula is C14H29N3O2. The van der Waals surface area contributed by atoms with Crippen LogP contribution in [0.5, 0.6) is 0 Å². The molecule has 5 nitrogen and oxygen atoms in total. The Morgan fingerprint density at radius 2 is 2.26 bits per heavy atom. The summed E-state index contributed by atoms with van der Waals surface area (Å²) in [6, 6.07) is 0.515. The molecule has 0 spiro atoms. The Morgan fingerprint density at radius 1 is 1.58 bits per heavy atom. The Bertz CT molecular complexity index is 298. The molecule has 5 heteroatoms. The minimum Gasteiger partial charge on any atom is -0.468 e. The predicted octanol–water partition coefficient (Wildman–Crippen LogP) is 0.554. The van der Waals surface area contributed by atoms with E-state index < -0.39 is 5.54 Å². The molecule has 0 bridgehead atoms. The average Bonchev–Trinajstić information content (AvgIpc) is 2.37. The average molecular weight is 271 g/mol. The number of carbonyl (C=O) groups is 1. The van der Waals surface area contributed by atoms with Crippen molar-refractivity contribution in [3.63, 3.8) is 0 Å². The molecule has 0 aromatic heterocycles. The molecule has 1 fully saturated rings. The van der Waals surface area contributed by atoms with Crippen LogP contribution in [0.3, 0.4) is 0 Å². The number of likely N-dealkylation sites (N-methyl/N-ethyl adjacent to an activating group) is 3. The lowest BCUT2D eigenvalue weighted by Gasteiger charge is -2.40. The second kappa shape index (κ2) is 7.22. The molecule has 1 heterocycles. The fraction of sp³-hybridized carbons (Fsp3) is 0.929. The van der Waals surface area contributed by atoms with Gasteiger partial charge in [-0.3, -0.25) is 9.69 Å². The van der Waals surface area contributed by atoms with E-state index in [0.717, 1.165) is 13.1 Å². The van der Waals surface area contributed by atoms with Crippen LogP contribution in [-0.4, -0.2) is 74.7 Å². The molecule has 1 rings (SSSR count). The van der Waals surface area contributed by atoms with Crippen molar-refractivity contribution in [1.29, 1.82) is 0 Å². The van der Waals surface area contributed by atoms with E-state index in [1.54, 1.807) is 0 Å². The summed E-state index contributed by atoms with van der Waals surface area (Å²) < 4.78 is 4.94. The van der Waals surface area contributed by atoms with Crippen molar-refractivity contribution in [3.8, 4) is 0 Å². The molecule has 0 aromatic carbocycles. The molecule has 1 aliphatic heterocycles. The van der Waals surface area contributed by atoms with Gasteiger partial charge in [0, 0.05) is 19.1 Å². The van der Waals surface area contributed by atoms with E-state index >= 15 is 0 Å². The molecule has 112 valence electrons. The standard InChI is InChI=1S/C14H29N3O2/c1-6-15-14(2,13(18)19-5)11-17(4)12-8-7-9-16(3)10-12/h12,15H,6-11H2,1-5H3. The van der Waals surface area contributed by atoms with E-state index in [-0.39, 0.29) is 5.97 Å². The van der Waals surface area contributed by atoms with Crippen LogP contribution >= 0.6 is 0 Å². The van der Waals surface area contributed by atoms with Gasteiger partial charge in [0.05, 0.1) is 7.11 Å². The molecule has 1 N–H and O–H groups in total. The number of methoxy groups -OCH3 is 1. The molecule has 0 amide bonds. The van der Waals surface area contributed by atoms with Gasteiger partial charge in [-0.2, -0.15) is 0 Å². The lowest BCUT2D eigenvalue weighted by atomic mass is 9.98. The van der Waals surface area contributed by atoms with Gasteiger partial charge in [0.15, 0.2) is 0 Å². The molecule has 2 atom stereocenters. The highest BCUT2D eigenvalue weighted by molar-refractivity contribution is 5.80. The van der Waals surface area contributed by atoms with Gasteiger partial charge in [-0.15, -0.1) is 0 Å². The predicted molar refractivity (Wildman–Crippen MR) is 77.2 cm³/mol. The summed E-state index contributed by atoms with van der Waals surface area (Å²) in [5, 5.41) is 3.26. The van der Waals surface area contributed by atoms with Crippen molar-refractivity contribution in [3.05, 3.63) is 0 Å². The van der Waals surface area contributed by atoms with Crippen molar-refractivity contribution < 1.29 is 9.53 Å². The molecule has 0 aromatic rings. The Kier molecular flexibility index (Phi) is 6.23. The van der Waals surface area contributed by atoms with Gasteiger partial charge in [-0.1, -0.05) is 6.92 Å². The molecule has 1 aliphatic rings. The normalized spacial score (nSPS) is 24.2. The first kappa shape index (κ1) is 16.4. The highest BCUT2D eigenvalue weighted by Gasteiger charge is 2.36. The van der Waals surface area contributed by atoms with E-state index in [2.05, 4.69) is 29.2 Å². The molecule has 2 unspecified atom stereocenters. The first-order chi connectivity index (χ1) is 8.92. The van der Waals surface area contributed by atoms with Crippen molar-refractivity contribution >= 4 is 5.97 Å². The van der Waals surface area contributed by atoms with E-state index in [4.69, 9.17) is 4.74 Å². The number of ether oxygens (including phenoxy) is 1. The number of carbonyl (C=O) groups excluding carboxylic acids is 1. The summed E-state index contributed by atoms with van der Waals surface area (Å²) in [5.74, 6) is -0.189. The van der Waals surface area contributed by atoms with Crippen molar-refractivity contribution in [1.82, 2.24) is 15.1 Å². The zero-order valence-corrected chi connectivity index (χ0v) is 13.0. The number of rotatable bonds is 6. The fourth-order valence-corrected chi connectivity index (χ4v) is 2.93. The van der Waals surface area contributed by atoms with Crippen LogP contribution in [0, 0.1) is 0 Å². The molecule has 0 saturated carbocycles. The van der Waals surface area contributed by atoms with Gasteiger partial charge in [0.2, 0.25) is 0 Å². The first-order valence-electron chi connectivity index (χ1n) is 7.15. The largest absolute Gasteiger partial charge is 0.468 e. The smallest absolute Gasteiger partial charge is 0.327 e. The molecule has 1 saturated heterocycles. The van der Waals surface area contributed by atoms with Crippen LogP contribution in [0.25, 0.3) is 0 Å². The minimum atomic E-state index is -0.631. The summed E-state index contributed by atoms with van der Waals surface area (Å²) >= 11 is 0. The molecule has 0 radical (unpaired) electrons. The SMILES string of the molecule is CCNC(C)(CN(C)C1CCCN(C)C1)C(=O)OC. The summed E-state index contributed by atoms with van der Waals surface area (Å²) in [4.78, 5) is 16.6. The fourth-order valence-electron chi connectivity index (χ4n) is 2.93. The number of nitrogens with zero attached hydrogens (tertiary/aromatic N) is 2. The van der Waals surface area contributed by atoms with Crippen LogP contribution < -0.4 is 5.32 Å². The number of hydrogen-bond acceptors (Lipinski definition) is 5. The highest BCUT2D eigenvalue weighted by Crippen LogP contribution is 2.17. The maximum atomic E-state index is 12.0. The van der Waals surface area contributed by atoms with E-state index in [1.807, 2.05) is 13.8 Å². The summed E-state index contributed by atoms with van der Waals surface area (Å²) in [6.07, 6.45) is 2.42. The monoisotopic (exact) mass is 271 g/mol. The number of likely N-dealkylation sites (tertiary alicyclic amines) is 1. The van der Waals surface area contributed by atoms with Crippen molar-refractivity contribution in [2.75, 3.05) is 47.4 Å². The third-order valence-corrected chi connectivity index (χ3v) is 3.99. The second-order valence-corrected chi connectivity index (χ2v) is 5.83. The minimum absolute atomic E-state index is 0.189. The summed E-state index contributed by atoms with van der Waals surface area (Å²) in [6.45, 7) is 7.60. The lowest BCUT2D eigenvalue weighted by molar-refractivity contribution is -0.149. The molecule has 0 aliphatic carbocycles. The Balaban J connectivity index is 2.64. The van der Waals surface area contributed by atoms with E-state index in [9.17, 15) is 4.79 Å². The summed E-state index contributed by atoms with van der Waals surface area (Å²) in [5.41, 5.74) is -0.631. The van der Waals surface area contributed by atoms with Crippen LogP contribution in [0.1, 0.15) is 26.7 Å². The van der Waals surface area contributed by atoms with Gasteiger partial charge >= 0.3 is 5.97 Å². The van der Waals surface area contributed by atoms with Crippen LogP contribution in [0.4, 0.5) is 0 Å². The molecular weight excluding hydrogens is 242 g/mol. The summed E-state index contributed by atoms with van der Waals surface area (Å²) in [7, 11) is 5.71. The van der Waals surface area contributed by atoms with Gasteiger partial charge in [0.25, 0.3) is 0 Å². The van der Waals surface area contributed by atoms with Gasteiger partial charge in [-0.25, -0.2) is 0 Å². The Hall–Kier alpha value is -0.650. The number of esters is 1. The number of hydrogen-bond donors (Lipinski definition) is 1. The van der Waals surface area contributed by atoms with E-state index in [1.165, 1.54) is 26.5 Å². The second-order valence-electron chi connectivity index (χ2n) is 5.83.